The van der Waals surface area contributed by atoms with Crippen molar-refractivity contribution in [2.24, 2.45) is 0 Å². The molecule has 2 N–H and O–H groups in total. The fourth-order valence-corrected chi connectivity index (χ4v) is 1.88. The molecule has 3 heteroatoms. The average molecular weight is 209 g/mol. The molecule has 2 nitrogen and oxygen atoms in total. The summed E-state index contributed by atoms with van der Waals surface area (Å²) in [6.07, 6.45) is 2.01. The van der Waals surface area contributed by atoms with Crippen molar-refractivity contribution < 1.29 is 0 Å². The third kappa shape index (κ3) is 1.41. The van der Waals surface area contributed by atoms with Crippen LogP contribution < -0.4 is 5.32 Å². The predicted octanol–water partition coefficient (Wildman–Crippen LogP) is 3.10. The van der Waals surface area contributed by atoms with Crippen LogP contribution in [0, 0.1) is 0 Å². The second kappa shape index (κ2) is 3.64. The molecule has 2 rings (SSSR count). The first-order valence-electron chi connectivity index (χ1n) is 4.67. The molecule has 0 fully saturated rings. The van der Waals surface area contributed by atoms with E-state index in [2.05, 4.69) is 23.3 Å². The molecule has 1 heterocycles. The van der Waals surface area contributed by atoms with Crippen molar-refractivity contribution in [2.45, 2.75) is 13.0 Å². The Hall–Kier alpha value is -0.990. The van der Waals surface area contributed by atoms with Crippen LogP contribution in [0.2, 0.25) is 5.02 Å². The highest BCUT2D eigenvalue weighted by atomic mass is 35.5. The van der Waals surface area contributed by atoms with E-state index in [0.29, 0.717) is 6.04 Å². The van der Waals surface area contributed by atoms with E-state index in [9.17, 15) is 0 Å². The molecule has 0 bridgehead atoms. The average Bonchev–Trinajstić information content (AvgIpc) is 2.62. The van der Waals surface area contributed by atoms with Gasteiger partial charge in [-0.2, -0.15) is 0 Å². The van der Waals surface area contributed by atoms with E-state index >= 15 is 0 Å². The highest BCUT2D eigenvalue weighted by Crippen LogP contribution is 2.28. The van der Waals surface area contributed by atoms with Crippen LogP contribution in [0.4, 0.5) is 0 Å². The van der Waals surface area contributed by atoms with Crippen molar-refractivity contribution in [2.75, 3.05) is 7.05 Å². The van der Waals surface area contributed by atoms with Gasteiger partial charge < -0.3 is 10.3 Å². The normalized spacial score (nSPS) is 13.4. The Labute approximate surface area is 88.3 Å². The monoisotopic (exact) mass is 208 g/mol. The predicted molar refractivity (Wildman–Crippen MR) is 60.8 cm³/mol. The highest BCUT2D eigenvalue weighted by molar-refractivity contribution is 6.35. The number of rotatable bonds is 2. The number of aromatic nitrogens is 1. The van der Waals surface area contributed by atoms with Crippen LogP contribution in [-0.2, 0) is 0 Å². The Morgan fingerprint density at radius 3 is 2.93 bits per heavy atom. The minimum atomic E-state index is 0.335. The van der Waals surface area contributed by atoms with Crippen LogP contribution >= 0.6 is 11.6 Å². The zero-order chi connectivity index (χ0) is 10.1. The Kier molecular flexibility index (Phi) is 2.48. The molecule has 14 heavy (non-hydrogen) atoms. The van der Waals surface area contributed by atoms with Gasteiger partial charge in [-0.15, -0.1) is 0 Å². The van der Waals surface area contributed by atoms with Gasteiger partial charge in [-0.3, -0.25) is 0 Å². The van der Waals surface area contributed by atoms with Gasteiger partial charge in [0.15, 0.2) is 0 Å². The van der Waals surface area contributed by atoms with Crippen molar-refractivity contribution in [1.29, 1.82) is 0 Å². The number of hydrogen-bond donors (Lipinski definition) is 2. The van der Waals surface area contributed by atoms with Crippen molar-refractivity contribution in [3.8, 4) is 0 Å². The smallest absolute Gasteiger partial charge is 0.0647 e. The number of halogens is 1. The SMILES string of the molecule is CNC(C)c1c[nH]c2c(Cl)cccc12. The van der Waals surface area contributed by atoms with E-state index in [1.807, 2.05) is 25.4 Å². The Bertz CT molecular complexity index is 447. The maximum Gasteiger partial charge on any atom is 0.0647 e. The number of fused-ring (bicyclic) bond motifs is 1. The number of nitrogens with one attached hydrogen (secondary N) is 2. The highest BCUT2D eigenvalue weighted by Gasteiger charge is 2.10. The minimum Gasteiger partial charge on any atom is -0.360 e. The topological polar surface area (TPSA) is 27.8 Å². The molecule has 0 spiro atoms. The summed E-state index contributed by atoms with van der Waals surface area (Å²) in [6, 6.07) is 6.29. The first-order valence-corrected chi connectivity index (χ1v) is 5.04. The lowest BCUT2D eigenvalue weighted by Gasteiger charge is -2.08. The number of hydrogen-bond acceptors (Lipinski definition) is 1. The van der Waals surface area contributed by atoms with Gasteiger partial charge in [0.05, 0.1) is 10.5 Å². The van der Waals surface area contributed by atoms with Gasteiger partial charge in [-0.1, -0.05) is 23.7 Å². The van der Waals surface area contributed by atoms with Gasteiger partial charge in [-0.05, 0) is 25.6 Å². The molecule has 0 aliphatic carbocycles. The third-order valence-electron chi connectivity index (χ3n) is 2.60. The molecular weight excluding hydrogens is 196 g/mol. The molecule has 0 saturated carbocycles. The van der Waals surface area contributed by atoms with Crippen molar-refractivity contribution >= 4 is 22.5 Å². The lowest BCUT2D eigenvalue weighted by Crippen LogP contribution is -2.11. The zero-order valence-corrected chi connectivity index (χ0v) is 9.02. The van der Waals surface area contributed by atoms with Crippen LogP contribution in [0.3, 0.4) is 0 Å². The summed E-state index contributed by atoms with van der Waals surface area (Å²) in [4.78, 5) is 3.20. The summed E-state index contributed by atoms with van der Waals surface area (Å²) in [5.41, 5.74) is 2.27. The lowest BCUT2D eigenvalue weighted by atomic mass is 10.1. The molecule has 0 radical (unpaired) electrons. The van der Waals surface area contributed by atoms with Crippen molar-refractivity contribution in [3.63, 3.8) is 0 Å². The van der Waals surface area contributed by atoms with Gasteiger partial charge in [0.1, 0.15) is 0 Å². The summed E-state index contributed by atoms with van der Waals surface area (Å²) in [6.45, 7) is 2.13. The van der Waals surface area contributed by atoms with E-state index in [-0.39, 0.29) is 0 Å². The molecule has 0 amide bonds. The standard InChI is InChI=1S/C11H13ClN2/c1-7(13-2)9-6-14-11-8(9)4-3-5-10(11)12/h3-7,13-14H,1-2H3. The second-order valence-electron chi connectivity index (χ2n) is 3.42. The molecule has 0 aliphatic heterocycles. The maximum atomic E-state index is 6.07. The van der Waals surface area contributed by atoms with Crippen LogP contribution in [0.1, 0.15) is 18.5 Å². The molecular formula is C11H13ClN2. The first kappa shape index (κ1) is 9.56. The fraction of sp³-hybridized carbons (Fsp3) is 0.273. The second-order valence-corrected chi connectivity index (χ2v) is 3.82. The molecule has 0 aliphatic rings. The Balaban J connectivity index is 2.63. The molecule has 1 atom stereocenters. The first-order chi connectivity index (χ1) is 6.74. The summed E-state index contributed by atoms with van der Waals surface area (Å²) in [5, 5.41) is 5.18. The molecule has 74 valence electrons. The van der Waals surface area contributed by atoms with Crippen LogP contribution in [0.25, 0.3) is 10.9 Å². The molecule has 1 aromatic carbocycles. The van der Waals surface area contributed by atoms with E-state index in [1.165, 1.54) is 10.9 Å². The van der Waals surface area contributed by atoms with Crippen LogP contribution in [0.15, 0.2) is 24.4 Å². The molecule has 1 unspecified atom stereocenters. The Morgan fingerprint density at radius 2 is 2.21 bits per heavy atom. The Morgan fingerprint density at radius 1 is 1.43 bits per heavy atom. The lowest BCUT2D eigenvalue weighted by molar-refractivity contribution is 0.657. The van der Waals surface area contributed by atoms with Crippen LogP contribution in [-0.4, -0.2) is 12.0 Å². The minimum absolute atomic E-state index is 0.335. The largest absolute Gasteiger partial charge is 0.360 e. The molecule has 2 aromatic rings. The van der Waals surface area contributed by atoms with Gasteiger partial charge in [0.2, 0.25) is 0 Å². The van der Waals surface area contributed by atoms with Crippen LogP contribution in [0.5, 0.6) is 0 Å². The van der Waals surface area contributed by atoms with Crippen molar-refractivity contribution in [1.82, 2.24) is 10.3 Å². The van der Waals surface area contributed by atoms with Crippen molar-refractivity contribution in [3.05, 3.63) is 35.0 Å². The number of benzene rings is 1. The van der Waals surface area contributed by atoms with Gasteiger partial charge in [0, 0.05) is 17.6 Å². The fourth-order valence-electron chi connectivity index (χ4n) is 1.65. The maximum absolute atomic E-state index is 6.07. The number of aromatic amines is 1. The third-order valence-corrected chi connectivity index (χ3v) is 2.91. The van der Waals surface area contributed by atoms with E-state index < -0.39 is 0 Å². The van der Waals surface area contributed by atoms with E-state index in [0.717, 1.165) is 10.5 Å². The van der Waals surface area contributed by atoms with Gasteiger partial charge >= 0.3 is 0 Å². The quantitative estimate of drug-likeness (QED) is 0.780. The summed E-state index contributed by atoms with van der Waals surface area (Å²) in [7, 11) is 1.95. The molecule has 1 aromatic heterocycles. The van der Waals surface area contributed by atoms with E-state index in [1.54, 1.807) is 0 Å². The summed E-state index contributed by atoms with van der Waals surface area (Å²) >= 11 is 6.07. The summed E-state index contributed by atoms with van der Waals surface area (Å²) in [5.74, 6) is 0. The van der Waals surface area contributed by atoms with E-state index in [4.69, 9.17) is 11.6 Å². The zero-order valence-electron chi connectivity index (χ0n) is 8.26. The molecule has 0 saturated heterocycles. The van der Waals surface area contributed by atoms with Gasteiger partial charge in [0.25, 0.3) is 0 Å². The number of H-pyrrole nitrogens is 1. The summed E-state index contributed by atoms with van der Waals surface area (Å²) < 4.78 is 0. The number of para-hydroxylation sites is 1. The van der Waals surface area contributed by atoms with Gasteiger partial charge in [-0.25, -0.2) is 0 Å².